The molecule has 10 heteroatoms. The zero-order valence-corrected chi connectivity index (χ0v) is 21.8. The largest absolute Gasteiger partial charge is 0.444 e. The first-order valence-corrected chi connectivity index (χ1v) is 12.4. The Morgan fingerprint density at radius 1 is 1.17 bits per heavy atom. The molecule has 0 fully saturated rings. The van der Waals surface area contributed by atoms with E-state index in [1.54, 1.807) is 27.7 Å². The molecule has 0 saturated heterocycles. The second kappa shape index (κ2) is 11.4. The van der Waals surface area contributed by atoms with Gasteiger partial charge >= 0.3 is 6.09 Å². The van der Waals surface area contributed by atoms with Crippen LogP contribution in [0.25, 0.3) is 0 Å². The number of hydrazone groups is 1. The van der Waals surface area contributed by atoms with Gasteiger partial charge in [0.05, 0.1) is 0 Å². The molecule has 194 valence electrons. The molecule has 0 radical (unpaired) electrons. The first-order valence-electron chi connectivity index (χ1n) is 11.6. The van der Waals surface area contributed by atoms with Crippen LogP contribution in [0.2, 0.25) is 0 Å². The summed E-state index contributed by atoms with van der Waals surface area (Å²) in [5, 5.41) is 8.68. The number of carbonyl (C=O) groups is 2. The van der Waals surface area contributed by atoms with Crippen molar-refractivity contribution in [1.29, 1.82) is 0 Å². The predicted molar refractivity (Wildman–Crippen MR) is 135 cm³/mol. The standard InChI is InChI=1S/C26H31F2N3O4S/c1-17(34-5)23(32)31-26(18-10-7-6-8-11-18,14-9-15-29-24(33)35-25(2,3)4)36-22(30-31)20-16-19(27)12-13-21(20)28/h6-8,10-13,16-17H,9,14-15H2,1-5H3,(H,29,33)/t17-,26-/m0/s1. The van der Waals surface area contributed by atoms with Crippen LogP contribution in [0.4, 0.5) is 13.6 Å². The lowest BCUT2D eigenvalue weighted by Crippen LogP contribution is -2.46. The highest BCUT2D eigenvalue weighted by molar-refractivity contribution is 8.15. The van der Waals surface area contributed by atoms with Gasteiger partial charge in [-0.2, -0.15) is 5.10 Å². The third-order valence-corrected chi connectivity index (χ3v) is 6.90. The van der Waals surface area contributed by atoms with Gasteiger partial charge in [0.15, 0.2) is 0 Å². The Labute approximate surface area is 214 Å². The number of halogens is 2. The summed E-state index contributed by atoms with van der Waals surface area (Å²) in [6.07, 6.45) is -0.575. The maximum absolute atomic E-state index is 14.7. The normalized spacial score (nSPS) is 18.5. The molecule has 0 saturated carbocycles. The minimum Gasteiger partial charge on any atom is -0.444 e. The Morgan fingerprint density at radius 3 is 2.50 bits per heavy atom. The fourth-order valence-electron chi connectivity index (χ4n) is 3.68. The third-order valence-electron chi connectivity index (χ3n) is 5.45. The molecular weight excluding hydrogens is 488 g/mol. The van der Waals surface area contributed by atoms with E-state index in [1.165, 1.54) is 23.9 Å². The zero-order valence-electron chi connectivity index (χ0n) is 21.0. The van der Waals surface area contributed by atoms with Gasteiger partial charge in [0.1, 0.15) is 33.3 Å². The van der Waals surface area contributed by atoms with Crippen LogP contribution in [0, 0.1) is 11.6 Å². The predicted octanol–water partition coefficient (Wildman–Crippen LogP) is 5.39. The average molecular weight is 520 g/mol. The van der Waals surface area contributed by atoms with Crippen LogP contribution >= 0.6 is 11.8 Å². The molecule has 0 aromatic heterocycles. The number of hydrogen-bond acceptors (Lipinski definition) is 6. The van der Waals surface area contributed by atoms with Gasteiger partial charge in [-0.05, 0) is 64.3 Å². The third kappa shape index (κ3) is 6.41. The average Bonchev–Trinajstić information content (AvgIpc) is 3.22. The van der Waals surface area contributed by atoms with Crippen LogP contribution in [-0.4, -0.2) is 47.4 Å². The fourth-order valence-corrected chi connectivity index (χ4v) is 5.11. The van der Waals surface area contributed by atoms with Crippen LogP contribution in [0.15, 0.2) is 53.6 Å². The van der Waals surface area contributed by atoms with Gasteiger partial charge in [-0.25, -0.2) is 18.6 Å². The molecule has 1 N–H and O–H groups in total. The van der Waals surface area contributed by atoms with E-state index in [1.807, 2.05) is 30.3 Å². The summed E-state index contributed by atoms with van der Waals surface area (Å²) in [6, 6.07) is 12.3. The molecule has 1 aliphatic heterocycles. The van der Waals surface area contributed by atoms with E-state index < -0.39 is 40.2 Å². The highest BCUT2D eigenvalue weighted by Gasteiger charge is 2.49. The van der Waals surface area contributed by atoms with Gasteiger partial charge in [0, 0.05) is 19.2 Å². The SMILES string of the molecule is CO[C@@H](C)C(=O)N1N=C(c2cc(F)ccc2F)S[C@@]1(CCCNC(=O)OC(C)(C)C)c1ccccc1. The number of hydrogen-bond donors (Lipinski definition) is 1. The second-order valence-corrected chi connectivity index (χ2v) is 10.6. The van der Waals surface area contributed by atoms with E-state index in [9.17, 15) is 18.4 Å². The number of ether oxygens (including phenoxy) is 2. The molecule has 3 rings (SSSR count). The van der Waals surface area contributed by atoms with E-state index in [-0.39, 0.29) is 17.2 Å². The van der Waals surface area contributed by atoms with Crippen molar-refractivity contribution in [2.45, 2.75) is 57.1 Å². The molecule has 0 bridgehead atoms. The molecule has 2 aromatic rings. The Bertz CT molecular complexity index is 1120. The lowest BCUT2D eigenvalue weighted by molar-refractivity contribution is -0.144. The zero-order chi connectivity index (χ0) is 26.5. The topological polar surface area (TPSA) is 80.2 Å². The van der Waals surface area contributed by atoms with Crippen molar-refractivity contribution in [2.24, 2.45) is 5.10 Å². The summed E-state index contributed by atoms with van der Waals surface area (Å²) in [7, 11) is 1.41. The molecule has 0 spiro atoms. The van der Waals surface area contributed by atoms with Gasteiger partial charge in [0.25, 0.3) is 5.91 Å². The number of carbonyl (C=O) groups excluding carboxylic acids is 2. The number of nitrogens with zero attached hydrogens (tertiary/aromatic N) is 2. The number of methoxy groups -OCH3 is 1. The van der Waals surface area contributed by atoms with E-state index in [0.717, 1.165) is 23.8 Å². The quantitative estimate of drug-likeness (QED) is 0.473. The minimum absolute atomic E-state index is 0.0347. The smallest absolute Gasteiger partial charge is 0.407 e. The van der Waals surface area contributed by atoms with Gasteiger partial charge in [-0.1, -0.05) is 42.1 Å². The van der Waals surface area contributed by atoms with Gasteiger partial charge < -0.3 is 14.8 Å². The summed E-state index contributed by atoms with van der Waals surface area (Å²) < 4.78 is 39.3. The van der Waals surface area contributed by atoms with E-state index in [4.69, 9.17) is 9.47 Å². The van der Waals surface area contributed by atoms with Crippen LogP contribution in [0.5, 0.6) is 0 Å². The summed E-state index contributed by atoms with van der Waals surface area (Å²) in [6.45, 7) is 7.20. The molecule has 2 amide bonds. The number of benzene rings is 2. The molecule has 7 nitrogen and oxygen atoms in total. The maximum Gasteiger partial charge on any atom is 0.407 e. The van der Waals surface area contributed by atoms with E-state index in [0.29, 0.717) is 12.8 Å². The Kier molecular flexibility index (Phi) is 8.73. The monoisotopic (exact) mass is 519 g/mol. The van der Waals surface area contributed by atoms with Crippen molar-refractivity contribution < 1.29 is 27.8 Å². The summed E-state index contributed by atoms with van der Waals surface area (Å²) in [5.74, 6) is -1.69. The molecule has 2 atom stereocenters. The highest BCUT2D eigenvalue weighted by Crippen LogP contribution is 2.50. The Morgan fingerprint density at radius 2 is 1.86 bits per heavy atom. The maximum atomic E-state index is 14.7. The Hall–Kier alpha value is -2.98. The molecule has 36 heavy (non-hydrogen) atoms. The first-order chi connectivity index (χ1) is 17.0. The number of nitrogens with one attached hydrogen (secondary N) is 1. The molecule has 2 aromatic carbocycles. The van der Waals surface area contributed by atoms with Crippen molar-refractivity contribution >= 4 is 28.8 Å². The summed E-state index contributed by atoms with van der Waals surface area (Å²) in [4.78, 5) is 24.4. The van der Waals surface area contributed by atoms with Crippen LogP contribution in [0.1, 0.15) is 51.7 Å². The number of alkyl carbamates (subject to hydrolysis) is 1. The van der Waals surface area contributed by atoms with Crippen LogP contribution in [-0.2, 0) is 19.1 Å². The summed E-state index contributed by atoms with van der Waals surface area (Å²) >= 11 is 1.17. The molecule has 0 unspecified atom stereocenters. The molecule has 1 heterocycles. The fraction of sp³-hybridized carbons (Fsp3) is 0.423. The van der Waals surface area contributed by atoms with Crippen molar-refractivity contribution in [3.8, 4) is 0 Å². The van der Waals surface area contributed by atoms with Gasteiger partial charge in [0.2, 0.25) is 0 Å². The van der Waals surface area contributed by atoms with Crippen molar-refractivity contribution in [3.63, 3.8) is 0 Å². The number of rotatable bonds is 8. The van der Waals surface area contributed by atoms with Crippen molar-refractivity contribution in [3.05, 3.63) is 71.3 Å². The van der Waals surface area contributed by atoms with E-state index in [2.05, 4.69) is 10.4 Å². The van der Waals surface area contributed by atoms with E-state index >= 15 is 0 Å². The molecule has 0 aliphatic carbocycles. The van der Waals surface area contributed by atoms with Crippen molar-refractivity contribution in [2.75, 3.05) is 13.7 Å². The van der Waals surface area contributed by atoms with Gasteiger partial charge in [-0.3, -0.25) is 4.79 Å². The van der Waals surface area contributed by atoms with Crippen molar-refractivity contribution in [1.82, 2.24) is 10.3 Å². The number of amides is 2. The molecule has 1 aliphatic rings. The molecular formula is C26H31F2N3O4S. The lowest BCUT2D eigenvalue weighted by atomic mass is 9.99. The summed E-state index contributed by atoms with van der Waals surface area (Å²) in [5.41, 5.74) is 0.0838. The van der Waals surface area contributed by atoms with Crippen LogP contribution in [0.3, 0.4) is 0 Å². The van der Waals surface area contributed by atoms with Crippen LogP contribution < -0.4 is 5.32 Å². The first kappa shape index (κ1) is 27.6. The highest BCUT2D eigenvalue weighted by atomic mass is 32.2. The van der Waals surface area contributed by atoms with Gasteiger partial charge in [-0.15, -0.1) is 0 Å². The Balaban J connectivity index is 1.96. The second-order valence-electron chi connectivity index (χ2n) is 9.34. The minimum atomic E-state index is -1.07. The number of thioether (sulfide) groups is 1. The lowest BCUT2D eigenvalue weighted by Gasteiger charge is -2.37.